The number of nitrogens with two attached hydrogens (primary N) is 1. The first-order chi connectivity index (χ1) is 17.8. The molecule has 14 nitrogen and oxygen atoms in total. The molecule has 0 radical (unpaired) electrons. The fraction of sp³-hybridized carbons (Fsp3) is 0.409. The van der Waals surface area contributed by atoms with Crippen molar-refractivity contribution in [1.82, 2.24) is 24.8 Å². The summed E-state index contributed by atoms with van der Waals surface area (Å²) in [5, 5.41) is 26.0. The highest BCUT2D eigenvalue weighted by Crippen LogP contribution is 2.32. The van der Waals surface area contributed by atoms with Crippen LogP contribution in [0.5, 0.6) is 5.75 Å². The van der Waals surface area contributed by atoms with Crippen molar-refractivity contribution in [1.29, 1.82) is 0 Å². The number of carboxylic acids is 1. The first-order valence-electron chi connectivity index (χ1n) is 11.2. The topological polar surface area (TPSA) is 196 Å². The van der Waals surface area contributed by atoms with Gasteiger partial charge in [-0.3, -0.25) is 9.36 Å². The number of fused-ring (bicyclic) bond motifs is 1. The number of benzene rings is 1. The second-order valence-electron chi connectivity index (χ2n) is 8.14. The predicted molar refractivity (Wildman–Crippen MR) is 130 cm³/mol. The van der Waals surface area contributed by atoms with Crippen molar-refractivity contribution in [2.75, 3.05) is 32.2 Å². The van der Waals surface area contributed by atoms with Crippen LogP contribution in [-0.2, 0) is 25.6 Å². The minimum atomic E-state index is -1.37. The number of nitrogens with one attached hydrogen (secondary N) is 2. The smallest absolute Gasteiger partial charge is 0.334 e. The van der Waals surface area contributed by atoms with Gasteiger partial charge >= 0.3 is 5.97 Å². The number of ether oxygens (including phenoxy) is 3. The lowest BCUT2D eigenvalue weighted by Crippen LogP contribution is -2.43. The fourth-order valence-corrected chi connectivity index (χ4v) is 4.00. The lowest BCUT2D eigenvalue weighted by atomic mass is 10.1. The molecule has 4 atom stereocenters. The molecule has 6 N–H and O–H groups in total. The van der Waals surface area contributed by atoms with E-state index in [1.165, 1.54) is 17.2 Å². The lowest BCUT2D eigenvalue weighted by Gasteiger charge is -2.16. The van der Waals surface area contributed by atoms with Crippen LogP contribution in [0.25, 0.3) is 11.2 Å². The molecule has 3 aromatic rings. The van der Waals surface area contributed by atoms with Gasteiger partial charge in [0.1, 0.15) is 18.2 Å². The molecule has 198 valence electrons. The second kappa shape index (κ2) is 11.7. The third-order valence-electron chi connectivity index (χ3n) is 5.65. The average molecular weight is 536 g/mol. The number of anilines is 1. The minimum Gasteiger partial charge on any atom is -0.483 e. The highest BCUT2D eigenvalue weighted by atomic mass is 35.5. The summed E-state index contributed by atoms with van der Waals surface area (Å²) >= 11 is 6.17. The lowest BCUT2D eigenvalue weighted by molar-refractivity contribution is -0.152. The summed E-state index contributed by atoms with van der Waals surface area (Å²) in [5.41, 5.74) is 7.13. The van der Waals surface area contributed by atoms with E-state index < -0.39 is 30.4 Å². The summed E-state index contributed by atoms with van der Waals surface area (Å²) in [6, 6.07) is 3.88. The van der Waals surface area contributed by atoms with Crippen LogP contribution < -0.4 is 21.1 Å². The maximum atomic E-state index is 12.0. The van der Waals surface area contributed by atoms with Crippen molar-refractivity contribution in [3.05, 3.63) is 41.4 Å². The quantitative estimate of drug-likeness (QED) is 0.205. The summed E-state index contributed by atoms with van der Waals surface area (Å²) in [7, 11) is 1.54. The normalized spacial score (nSPS) is 21.2. The van der Waals surface area contributed by atoms with Gasteiger partial charge in [-0.05, 0) is 18.2 Å². The highest BCUT2D eigenvalue weighted by molar-refractivity contribution is 6.30. The Morgan fingerprint density at radius 1 is 1.30 bits per heavy atom. The Hall–Kier alpha value is -3.56. The average Bonchev–Trinajstić information content (AvgIpc) is 3.43. The molecule has 1 aliphatic heterocycles. The number of amides is 1. The van der Waals surface area contributed by atoms with Crippen molar-refractivity contribution in [2.45, 2.75) is 31.0 Å². The van der Waals surface area contributed by atoms with Crippen LogP contribution in [0.15, 0.2) is 30.9 Å². The van der Waals surface area contributed by atoms with E-state index in [9.17, 15) is 19.8 Å². The Morgan fingerprint density at radius 2 is 2.11 bits per heavy atom. The summed E-state index contributed by atoms with van der Waals surface area (Å²) in [6.45, 7) is 0.790. The molecule has 2 aromatic heterocycles. The van der Waals surface area contributed by atoms with Gasteiger partial charge in [-0.25, -0.2) is 19.7 Å². The maximum Gasteiger partial charge on any atom is 0.334 e. The molecule has 4 rings (SSSR count). The van der Waals surface area contributed by atoms with E-state index >= 15 is 0 Å². The number of carboxylic acid groups (broad SMARTS) is 1. The van der Waals surface area contributed by atoms with Crippen LogP contribution in [0, 0.1) is 0 Å². The van der Waals surface area contributed by atoms with Gasteiger partial charge in [-0.15, -0.1) is 0 Å². The number of halogens is 1. The minimum absolute atomic E-state index is 0.191. The van der Waals surface area contributed by atoms with Crippen molar-refractivity contribution in [2.24, 2.45) is 5.73 Å². The van der Waals surface area contributed by atoms with Crippen LogP contribution >= 0.6 is 11.6 Å². The van der Waals surface area contributed by atoms with E-state index in [-0.39, 0.29) is 19.1 Å². The van der Waals surface area contributed by atoms with E-state index in [0.717, 1.165) is 0 Å². The molecular weight excluding hydrogens is 510 g/mol. The van der Waals surface area contributed by atoms with E-state index in [4.69, 9.17) is 31.5 Å². The number of aromatic nitrogens is 4. The van der Waals surface area contributed by atoms with Crippen molar-refractivity contribution in [3.63, 3.8) is 0 Å². The molecule has 1 saturated heterocycles. The van der Waals surface area contributed by atoms with Crippen LogP contribution in [0.1, 0.15) is 11.8 Å². The Morgan fingerprint density at radius 3 is 2.84 bits per heavy atom. The molecule has 1 fully saturated rings. The van der Waals surface area contributed by atoms with Gasteiger partial charge in [0.2, 0.25) is 0 Å². The number of methoxy groups -OCH3 is 1. The predicted octanol–water partition coefficient (Wildman–Crippen LogP) is -0.0966. The first kappa shape index (κ1) is 26.5. The zero-order chi connectivity index (χ0) is 26.5. The number of aliphatic hydroxyl groups excluding tert-OH is 1. The van der Waals surface area contributed by atoms with E-state index in [1.54, 1.807) is 25.3 Å². The van der Waals surface area contributed by atoms with E-state index in [1.807, 2.05) is 0 Å². The summed E-state index contributed by atoms with van der Waals surface area (Å²) in [4.78, 5) is 36.1. The maximum absolute atomic E-state index is 12.0. The van der Waals surface area contributed by atoms with Crippen LogP contribution in [-0.4, -0.2) is 86.7 Å². The number of aliphatic carboxylic acids is 1. The summed E-state index contributed by atoms with van der Waals surface area (Å²) < 4.78 is 17.5. The van der Waals surface area contributed by atoms with Gasteiger partial charge < -0.3 is 40.8 Å². The molecule has 1 aromatic carbocycles. The van der Waals surface area contributed by atoms with Gasteiger partial charge in [0, 0.05) is 30.8 Å². The molecule has 0 bridgehead atoms. The fourth-order valence-electron chi connectivity index (χ4n) is 3.80. The van der Waals surface area contributed by atoms with Gasteiger partial charge in [0.15, 0.2) is 35.9 Å². The molecule has 4 unspecified atom stereocenters. The van der Waals surface area contributed by atoms with Gasteiger partial charge in [-0.2, -0.15) is 0 Å². The molecule has 15 heteroatoms. The number of carbonyl (C=O) groups is 2. The summed E-state index contributed by atoms with van der Waals surface area (Å²) in [6.07, 6.45) is -1.10. The van der Waals surface area contributed by atoms with Gasteiger partial charge in [-0.1, -0.05) is 11.6 Å². The number of hydrogen-bond acceptors (Lipinski definition) is 11. The zero-order valence-corrected chi connectivity index (χ0v) is 20.5. The second-order valence-corrected chi connectivity index (χ2v) is 8.57. The van der Waals surface area contributed by atoms with Gasteiger partial charge in [0.05, 0.1) is 19.0 Å². The third kappa shape index (κ3) is 5.89. The number of nitrogens with zero attached hydrogens (tertiary/aromatic N) is 4. The van der Waals surface area contributed by atoms with E-state index in [0.29, 0.717) is 46.5 Å². The van der Waals surface area contributed by atoms with E-state index in [2.05, 4.69) is 25.6 Å². The Balaban J connectivity index is 1.49. The Labute approximate surface area is 215 Å². The van der Waals surface area contributed by atoms with Crippen LogP contribution in [0.4, 0.5) is 5.82 Å². The molecule has 37 heavy (non-hydrogen) atoms. The largest absolute Gasteiger partial charge is 0.483 e. The van der Waals surface area contributed by atoms with Crippen molar-refractivity contribution in [3.8, 4) is 5.75 Å². The third-order valence-corrected chi connectivity index (χ3v) is 5.89. The van der Waals surface area contributed by atoms with Crippen LogP contribution in [0.3, 0.4) is 0 Å². The number of aliphatic hydroxyl groups is 1. The molecule has 3 heterocycles. The molecule has 0 saturated carbocycles. The molecule has 1 aliphatic rings. The first-order valence-corrected chi connectivity index (χ1v) is 11.6. The Bertz CT molecular complexity index is 1270. The molecule has 1 amide bonds. The molecule has 0 spiro atoms. The number of imidazole rings is 1. The highest BCUT2D eigenvalue weighted by Gasteiger charge is 2.46. The standard InChI is InChI=1S/C22H26ClN7O7/c1-35-5-4-25-14(31)8-36-13-3-2-12(23)6-11(13)7-26-19-16-20(28-9-27-19)30(10-29-16)21-17(32)15(24)18(37-21)22(33)34/h2-3,6,9-10,15,17-18,21,32H,4-5,7-8,24H2,1H3,(H,25,31)(H,33,34)(H,26,27,28). The molecule has 0 aliphatic carbocycles. The number of rotatable bonds is 11. The molecular formula is C22H26ClN7O7. The monoisotopic (exact) mass is 535 g/mol. The SMILES string of the molecule is COCCNC(=O)COc1ccc(Cl)cc1CNc1ncnc2c1ncn2C1OC(C(=O)O)C(N)C1O. The summed E-state index contributed by atoms with van der Waals surface area (Å²) in [5.74, 6) is -0.762. The van der Waals surface area contributed by atoms with Gasteiger partial charge in [0.25, 0.3) is 5.91 Å². The Kier molecular flexibility index (Phi) is 8.35. The van der Waals surface area contributed by atoms with Crippen LogP contribution in [0.2, 0.25) is 5.02 Å². The number of carbonyl (C=O) groups excluding carboxylic acids is 1. The zero-order valence-electron chi connectivity index (χ0n) is 19.7. The van der Waals surface area contributed by atoms with Crippen molar-refractivity contribution < 1.29 is 34.0 Å². The van der Waals surface area contributed by atoms with Crippen molar-refractivity contribution >= 4 is 40.5 Å². The number of hydrogen-bond donors (Lipinski definition) is 5.